The molecule has 0 aliphatic heterocycles. The molecular weight excluding hydrogens is 128 g/mol. The maximum Gasteiger partial charge on any atom is -0.00800 e. The van der Waals surface area contributed by atoms with Gasteiger partial charge in [0.2, 0.25) is 0 Å². The largest absolute Gasteiger partial charge is 0.0703 e. The van der Waals surface area contributed by atoms with Crippen molar-refractivity contribution in [3.8, 4) is 0 Å². The maximum absolute atomic E-state index is 3.29. The van der Waals surface area contributed by atoms with Crippen LogP contribution < -0.4 is 0 Å². The topological polar surface area (TPSA) is 0 Å². The van der Waals surface area contributed by atoms with E-state index in [4.69, 9.17) is 0 Å². The summed E-state index contributed by atoms with van der Waals surface area (Å²) in [5, 5.41) is 0. The Hall–Kier alpha value is 0.220. The smallest absolute Gasteiger partial charge is 0.00800 e. The summed E-state index contributed by atoms with van der Waals surface area (Å²) in [4.78, 5) is 0. The van der Waals surface area contributed by atoms with E-state index in [0.717, 1.165) is 6.42 Å². The summed E-state index contributed by atoms with van der Waals surface area (Å²) < 4.78 is 1.32. The highest BCUT2D eigenvalue weighted by molar-refractivity contribution is 9.11. The summed E-state index contributed by atoms with van der Waals surface area (Å²) in [6.45, 7) is 0. The zero-order chi connectivity index (χ0) is 3.70. The van der Waals surface area contributed by atoms with Crippen LogP contribution in [-0.4, -0.2) is 0 Å². The standard InChI is InChI=1S/C4H4Br/c5-4-2-1-3-4/h1-2H,3H2. The molecule has 5 heavy (non-hydrogen) atoms. The third kappa shape index (κ3) is 0.538. The molecule has 1 aliphatic rings. The van der Waals surface area contributed by atoms with Gasteiger partial charge in [-0.3, -0.25) is 0 Å². The second-order valence-corrected chi connectivity index (χ2v) is 2.07. The van der Waals surface area contributed by atoms with E-state index in [1.807, 2.05) is 0 Å². The minimum Gasteiger partial charge on any atom is -0.0703 e. The minimum atomic E-state index is 1.14. The molecule has 1 heteroatoms. The molecule has 0 fully saturated rings. The fourth-order valence-corrected chi connectivity index (χ4v) is 0.581. The lowest BCUT2D eigenvalue weighted by Gasteiger charge is -2.02. The third-order valence-corrected chi connectivity index (χ3v) is 1.20. The fraction of sp³-hybridized carbons (Fsp3) is 0.250. The highest BCUT2D eigenvalue weighted by Crippen LogP contribution is 2.21. The third-order valence-electron chi connectivity index (χ3n) is 0.612. The first-order valence-corrected chi connectivity index (χ1v) is 2.37. The summed E-state index contributed by atoms with van der Waals surface area (Å²) in [5.41, 5.74) is 0. The van der Waals surface area contributed by atoms with Gasteiger partial charge >= 0.3 is 0 Å². The number of hydrogen-bond donors (Lipinski definition) is 0. The molecule has 1 radical (unpaired) electrons. The van der Waals surface area contributed by atoms with E-state index in [9.17, 15) is 0 Å². The molecule has 0 saturated carbocycles. The molecule has 0 bridgehead atoms. The zero-order valence-electron chi connectivity index (χ0n) is 2.74. The first-order valence-electron chi connectivity index (χ1n) is 1.57. The van der Waals surface area contributed by atoms with Gasteiger partial charge in [-0.1, -0.05) is 22.0 Å². The van der Waals surface area contributed by atoms with Crippen LogP contribution in [0, 0.1) is 6.42 Å². The Morgan fingerprint density at radius 2 is 2.20 bits per heavy atom. The van der Waals surface area contributed by atoms with Crippen LogP contribution in [0.25, 0.3) is 0 Å². The Morgan fingerprint density at radius 1 is 1.80 bits per heavy atom. The van der Waals surface area contributed by atoms with E-state index in [1.165, 1.54) is 4.48 Å². The van der Waals surface area contributed by atoms with Crippen molar-refractivity contribution in [1.29, 1.82) is 0 Å². The maximum atomic E-state index is 3.29. The summed E-state index contributed by atoms with van der Waals surface area (Å²) in [7, 11) is 0. The second kappa shape index (κ2) is 1.13. The summed E-state index contributed by atoms with van der Waals surface area (Å²) in [6, 6.07) is 0. The molecule has 0 aromatic carbocycles. The van der Waals surface area contributed by atoms with Gasteiger partial charge in [0, 0.05) is 0 Å². The second-order valence-electron chi connectivity index (χ2n) is 1.05. The van der Waals surface area contributed by atoms with Crippen LogP contribution in [0.3, 0.4) is 0 Å². The van der Waals surface area contributed by atoms with E-state index < -0.39 is 0 Å². The molecule has 0 atom stereocenters. The molecule has 1 rings (SSSR count). The molecule has 0 unspecified atom stereocenters. The SMILES string of the molecule is BrC1=C[CH]C1. The molecule has 1 aliphatic carbocycles. The predicted octanol–water partition coefficient (Wildman–Crippen LogP) is 1.87. The van der Waals surface area contributed by atoms with E-state index in [2.05, 4.69) is 28.4 Å². The quantitative estimate of drug-likeness (QED) is 0.471. The number of allylic oxidation sites excluding steroid dienone is 2. The summed E-state index contributed by atoms with van der Waals surface area (Å²) in [6.07, 6.45) is 5.31. The van der Waals surface area contributed by atoms with Crippen LogP contribution in [0.15, 0.2) is 10.6 Å². The monoisotopic (exact) mass is 131 g/mol. The minimum absolute atomic E-state index is 1.14. The predicted molar refractivity (Wildman–Crippen MR) is 25.9 cm³/mol. The van der Waals surface area contributed by atoms with Gasteiger partial charge in [0.15, 0.2) is 0 Å². The van der Waals surface area contributed by atoms with Gasteiger partial charge in [0.05, 0.1) is 0 Å². The van der Waals surface area contributed by atoms with Gasteiger partial charge in [0.25, 0.3) is 0 Å². The van der Waals surface area contributed by atoms with E-state index in [-0.39, 0.29) is 0 Å². The Bertz CT molecular complexity index is 64.0. The highest BCUT2D eigenvalue weighted by atomic mass is 79.9. The Kier molecular flexibility index (Phi) is 0.772. The Morgan fingerprint density at radius 3 is 2.20 bits per heavy atom. The van der Waals surface area contributed by atoms with Crippen molar-refractivity contribution in [2.24, 2.45) is 0 Å². The van der Waals surface area contributed by atoms with Gasteiger partial charge in [0.1, 0.15) is 0 Å². The number of hydrogen-bond acceptors (Lipinski definition) is 0. The molecule has 0 aromatic heterocycles. The number of rotatable bonds is 0. The normalized spacial score (nSPS) is 20.6. The molecule has 0 nitrogen and oxygen atoms in total. The lowest BCUT2D eigenvalue weighted by Crippen LogP contribution is -1.82. The van der Waals surface area contributed by atoms with Crippen molar-refractivity contribution in [3.05, 3.63) is 17.0 Å². The summed E-state index contributed by atoms with van der Waals surface area (Å²) in [5.74, 6) is 0. The van der Waals surface area contributed by atoms with Crippen LogP contribution in [-0.2, 0) is 0 Å². The molecule has 0 amide bonds. The molecule has 27 valence electrons. The molecule has 0 heterocycles. The van der Waals surface area contributed by atoms with Crippen LogP contribution in [0.5, 0.6) is 0 Å². The average Bonchev–Trinajstić information content (AvgIpc) is 1.30. The van der Waals surface area contributed by atoms with Crippen LogP contribution >= 0.6 is 15.9 Å². The highest BCUT2D eigenvalue weighted by Gasteiger charge is 1.97. The van der Waals surface area contributed by atoms with E-state index >= 15 is 0 Å². The van der Waals surface area contributed by atoms with Crippen molar-refractivity contribution >= 4 is 15.9 Å². The van der Waals surface area contributed by atoms with Gasteiger partial charge in [-0.25, -0.2) is 0 Å². The van der Waals surface area contributed by atoms with Gasteiger partial charge in [-0.05, 0) is 17.3 Å². The van der Waals surface area contributed by atoms with Gasteiger partial charge < -0.3 is 0 Å². The average molecular weight is 132 g/mol. The van der Waals surface area contributed by atoms with Crippen molar-refractivity contribution in [2.45, 2.75) is 6.42 Å². The lowest BCUT2D eigenvalue weighted by molar-refractivity contribution is 1.17. The van der Waals surface area contributed by atoms with Crippen LogP contribution in [0.2, 0.25) is 0 Å². The van der Waals surface area contributed by atoms with Crippen molar-refractivity contribution < 1.29 is 0 Å². The molecule has 0 N–H and O–H groups in total. The van der Waals surface area contributed by atoms with Crippen LogP contribution in [0.4, 0.5) is 0 Å². The molecule has 0 spiro atoms. The fourth-order valence-electron chi connectivity index (χ4n) is 0.207. The first-order chi connectivity index (χ1) is 2.39. The number of halogens is 1. The van der Waals surface area contributed by atoms with Crippen molar-refractivity contribution in [3.63, 3.8) is 0 Å². The first kappa shape index (κ1) is 3.41. The lowest BCUT2D eigenvalue weighted by atomic mass is 10.1. The molecule has 0 aromatic rings. The zero-order valence-corrected chi connectivity index (χ0v) is 4.33. The Labute approximate surface area is 40.0 Å². The van der Waals surface area contributed by atoms with Gasteiger partial charge in [-0.2, -0.15) is 0 Å². The van der Waals surface area contributed by atoms with Crippen LogP contribution in [0.1, 0.15) is 6.42 Å². The van der Waals surface area contributed by atoms with E-state index in [0.29, 0.717) is 0 Å². The molecular formula is C4H4Br. The van der Waals surface area contributed by atoms with E-state index in [1.54, 1.807) is 0 Å². The summed E-state index contributed by atoms with van der Waals surface area (Å²) >= 11 is 3.29. The Balaban J connectivity index is 2.51. The van der Waals surface area contributed by atoms with Gasteiger partial charge in [-0.15, -0.1) is 0 Å². The van der Waals surface area contributed by atoms with Crippen molar-refractivity contribution in [2.75, 3.05) is 0 Å². The van der Waals surface area contributed by atoms with Crippen molar-refractivity contribution in [1.82, 2.24) is 0 Å². The molecule has 0 saturated heterocycles.